The van der Waals surface area contributed by atoms with Gasteiger partial charge in [-0.3, -0.25) is 19.3 Å². The number of likely N-dealkylation sites (tertiary alicyclic amines) is 2. The number of carbonyl (C=O) groups excluding carboxylic acids is 4. The summed E-state index contributed by atoms with van der Waals surface area (Å²) in [7, 11) is 0. The summed E-state index contributed by atoms with van der Waals surface area (Å²) in [4.78, 5) is 57.0. The fourth-order valence-corrected chi connectivity index (χ4v) is 6.72. The molecule has 0 radical (unpaired) electrons. The van der Waals surface area contributed by atoms with Crippen LogP contribution in [0.1, 0.15) is 65.2 Å². The number of nitrogens with zero attached hydrogens (tertiary/aromatic N) is 3. The Morgan fingerprint density at radius 2 is 1.59 bits per heavy atom. The Hall–Kier alpha value is -2.12. The van der Waals surface area contributed by atoms with Gasteiger partial charge in [-0.1, -0.05) is 26.7 Å². The van der Waals surface area contributed by atoms with Gasteiger partial charge in [0.1, 0.15) is 5.54 Å². The molecule has 0 bridgehead atoms. The Bertz CT molecular complexity index is 807. The van der Waals surface area contributed by atoms with Gasteiger partial charge >= 0.3 is 6.03 Å². The number of hydrogen-bond donors (Lipinski definition) is 1. The number of piperidine rings is 2. The lowest BCUT2D eigenvalue weighted by Gasteiger charge is -2.39. The third-order valence-corrected chi connectivity index (χ3v) is 8.63. The number of carbonyl (C=O) groups is 4. The van der Waals surface area contributed by atoms with Crippen LogP contribution in [0.4, 0.5) is 4.79 Å². The lowest BCUT2D eigenvalue weighted by Crippen LogP contribution is -2.57. The van der Waals surface area contributed by atoms with Gasteiger partial charge in [-0.05, 0) is 50.4 Å². The minimum atomic E-state index is -0.900. The summed E-state index contributed by atoms with van der Waals surface area (Å²) in [6.07, 6.45) is 7.28. The molecule has 5 rings (SSSR count). The van der Waals surface area contributed by atoms with Crippen molar-refractivity contribution in [1.82, 2.24) is 20.0 Å². The third-order valence-electron chi connectivity index (χ3n) is 8.63. The molecule has 32 heavy (non-hydrogen) atoms. The predicted molar refractivity (Wildman–Crippen MR) is 117 cm³/mol. The molecular weight excluding hydrogens is 408 g/mol. The van der Waals surface area contributed by atoms with Crippen molar-refractivity contribution in [3.63, 3.8) is 0 Å². The van der Waals surface area contributed by atoms with E-state index in [0.717, 1.165) is 19.4 Å². The van der Waals surface area contributed by atoms with Gasteiger partial charge in [-0.2, -0.15) is 0 Å². The van der Waals surface area contributed by atoms with Gasteiger partial charge in [-0.25, -0.2) is 4.79 Å². The van der Waals surface area contributed by atoms with Gasteiger partial charge in [-0.15, -0.1) is 0 Å². The van der Waals surface area contributed by atoms with E-state index in [2.05, 4.69) is 5.32 Å². The van der Waals surface area contributed by atoms with Crippen molar-refractivity contribution in [2.24, 2.45) is 23.7 Å². The normalized spacial score (nSPS) is 34.0. The van der Waals surface area contributed by atoms with Crippen molar-refractivity contribution in [1.29, 1.82) is 0 Å². The molecule has 5 aliphatic rings. The van der Waals surface area contributed by atoms with E-state index < -0.39 is 5.54 Å². The van der Waals surface area contributed by atoms with Crippen LogP contribution >= 0.6 is 0 Å². The quantitative estimate of drug-likeness (QED) is 0.674. The molecule has 3 heterocycles. The number of nitrogens with one attached hydrogen (secondary N) is 1. The predicted octanol–water partition coefficient (Wildman–Crippen LogP) is 1.98. The number of rotatable bonds is 3. The zero-order chi connectivity index (χ0) is 22.6. The fourth-order valence-electron chi connectivity index (χ4n) is 6.72. The second-order valence-corrected chi connectivity index (χ2v) is 10.9. The number of amides is 5. The zero-order valence-electron chi connectivity index (χ0n) is 19.3. The average molecular weight is 445 g/mol. The van der Waals surface area contributed by atoms with E-state index in [1.807, 2.05) is 18.7 Å². The highest BCUT2D eigenvalue weighted by Gasteiger charge is 2.58. The van der Waals surface area contributed by atoms with Crippen LogP contribution in [-0.2, 0) is 14.4 Å². The molecule has 3 aliphatic heterocycles. The molecule has 8 nitrogen and oxygen atoms in total. The van der Waals surface area contributed by atoms with Crippen molar-refractivity contribution in [2.45, 2.75) is 76.8 Å². The number of imide groups is 1. The topological polar surface area (TPSA) is 90.0 Å². The van der Waals surface area contributed by atoms with E-state index in [9.17, 15) is 19.2 Å². The van der Waals surface area contributed by atoms with Crippen LogP contribution in [0.5, 0.6) is 0 Å². The van der Waals surface area contributed by atoms with Gasteiger partial charge in [0.2, 0.25) is 11.8 Å². The SMILES string of the molecule is CC(C)C(=O)N1CCC2(CC1)NC(=O)N([C@H]1CCCN(C(=O)C3[C@H]4CCCC[C@@H]34)C1)C2=O. The minimum absolute atomic E-state index is 0.0736. The minimum Gasteiger partial charge on any atom is -0.342 e. The Kier molecular flexibility index (Phi) is 5.45. The Morgan fingerprint density at radius 3 is 2.22 bits per heavy atom. The van der Waals surface area contributed by atoms with Crippen LogP contribution in [-0.4, -0.2) is 76.2 Å². The first kappa shape index (κ1) is 21.7. The molecule has 3 saturated heterocycles. The molecule has 2 aliphatic carbocycles. The van der Waals surface area contributed by atoms with Gasteiger partial charge < -0.3 is 15.1 Å². The first-order valence-electron chi connectivity index (χ1n) is 12.6. The molecule has 4 atom stereocenters. The largest absolute Gasteiger partial charge is 0.342 e. The van der Waals surface area contributed by atoms with Crippen molar-refractivity contribution >= 4 is 23.8 Å². The molecule has 5 amide bonds. The van der Waals surface area contributed by atoms with E-state index in [4.69, 9.17) is 0 Å². The molecule has 5 fully saturated rings. The third kappa shape index (κ3) is 3.50. The molecule has 1 spiro atoms. The fraction of sp³-hybridized carbons (Fsp3) is 0.833. The molecule has 0 aromatic rings. The van der Waals surface area contributed by atoms with Gasteiger partial charge in [0.25, 0.3) is 5.91 Å². The first-order chi connectivity index (χ1) is 15.3. The summed E-state index contributed by atoms with van der Waals surface area (Å²) in [6.45, 7) is 5.91. The second-order valence-electron chi connectivity index (χ2n) is 10.9. The molecule has 1 unspecified atom stereocenters. The first-order valence-corrected chi connectivity index (χ1v) is 12.6. The summed E-state index contributed by atoms with van der Waals surface area (Å²) in [5, 5.41) is 2.97. The monoisotopic (exact) mass is 444 g/mol. The summed E-state index contributed by atoms with van der Waals surface area (Å²) in [6, 6.07) is -0.589. The lowest BCUT2D eigenvalue weighted by atomic mass is 9.86. The molecule has 2 saturated carbocycles. The van der Waals surface area contributed by atoms with Crippen LogP contribution in [0.2, 0.25) is 0 Å². The highest BCUT2D eigenvalue weighted by molar-refractivity contribution is 6.07. The van der Waals surface area contributed by atoms with Gasteiger partial charge in [0.15, 0.2) is 0 Å². The highest BCUT2D eigenvalue weighted by atomic mass is 16.2. The summed E-state index contributed by atoms with van der Waals surface area (Å²) in [5.74, 6) is 1.40. The van der Waals surface area contributed by atoms with E-state index in [1.54, 1.807) is 4.90 Å². The zero-order valence-corrected chi connectivity index (χ0v) is 19.3. The van der Waals surface area contributed by atoms with Crippen molar-refractivity contribution in [3.8, 4) is 0 Å². The van der Waals surface area contributed by atoms with E-state index in [0.29, 0.717) is 44.3 Å². The molecule has 176 valence electrons. The molecular formula is C24H36N4O4. The Balaban J connectivity index is 1.23. The molecule has 1 N–H and O–H groups in total. The second kappa shape index (κ2) is 8.03. The summed E-state index contributed by atoms with van der Waals surface area (Å²) < 4.78 is 0. The molecule has 8 heteroatoms. The van der Waals surface area contributed by atoms with Crippen molar-refractivity contribution in [2.75, 3.05) is 26.2 Å². The van der Waals surface area contributed by atoms with E-state index in [1.165, 1.54) is 30.6 Å². The van der Waals surface area contributed by atoms with Gasteiger partial charge in [0.05, 0.1) is 6.04 Å². The number of hydrogen-bond acceptors (Lipinski definition) is 4. The van der Waals surface area contributed by atoms with Crippen LogP contribution in [0, 0.1) is 23.7 Å². The van der Waals surface area contributed by atoms with Crippen LogP contribution in [0.3, 0.4) is 0 Å². The standard InChI is InChI=1S/C24H36N4O4/c1-15(2)20(29)26-12-9-24(10-13-26)22(31)28(23(32)25-24)16-6-5-11-27(14-16)21(30)19-17-7-3-4-8-18(17)19/h15-19H,3-14H2,1-2H3,(H,25,32)/t16-,17-,18+,19?/m0/s1. The van der Waals surface area contributed by atoms with Crippen LogP contribution in [0.25, 0.3) is 0 Å². The molecule has 0 aromatic carbocycles. The highest BCUT2D eigenvalue weighted by Crippen LogP contribution is 2.56. The van der Waals surface area contributed by atoms with Crippen LogP contribution < -0.4 is 5.32 Å². The van der Waals surface area contributed by atoms with Crippen molar-refractivity contribution < 1.29 is 19.2 Å². The van der Waals surface area contributed by atoms with Crippen molar-refractivity contribution in [3.05, 3.63) is 0 Å². The Morgan fingerprint density at radius 1 is 0.938 bits per heavy atom. The Labute approximate surface area is 190 Å². The smallest absolute Gasteiger partial charge is 0.325 e. The number of fused-ring (bicyclic) bond motifs is 1. The summed E-state index contributed by atoms with van der Waals surface area (Å²) >= 11 is 0. The van der Waals surface area contributed by atoms with E-state index in [-0.39, 0.29) is 41.6 Å². The van der Waals surface area contributed by atoms with Crippen LogP contribution in [0.15, 0.2) is 0 Å². The maximum absolute atomic E-state index is 13.5. The lowest BCUT2D eigenvalue weighted by molar-refractivity contribution is -0.142. The van der Waals surface area contributed by atoms with Gasteiger partial charge in [0, 0.05) is 38.0 Å². The average Bonchev–Trinajstić information content (AvgIpc) is 3.47. The summed E-state index contributed by atoms with van der Waals surface area (Å²) in [5.41, 5.74) is -0.900. The van der Waals surface area contributed by atoms with E-state index >= 15 is 0 Å². The maximum Gasteiger partial charge on any atom is 0.325 e. The number of urea groups is 1. The molecule has 0 aromatic heterocycles. The maximum atomic E-state index is 13.5.